The Morgan fingerprint density at radius 1 is 1.41 bits per heavy atom. The Kier molecular flexibility index (Phi) is 4.50. The van der Waals surface area contributed by atoms with Crippen LogP contribution in [0.1, 0.15) is 27.2 Å². The summed E-state index contributed by atoms with van der Waals surface area (Å²) in [6.45, 7) is 8.62. The summed E-state index contributed by atoms with van der Waals surface area (Å²) >= 11 is 6.11. The standard InChI is InChI=1S/C20H25ClO8/c1-5-8(2)16(23)27-10-6-19(25,7-21)13-12(22)15-18(4,29-15)20(13,26)14-11(10)9(3)17(24)28-14/h5,10-15,22,25-26H,3,6-7H2,1-2,4H3/b8-5-/t10-,11-,12+,13+,14+,15-,18-,19+,20-/m1/s1. The van der Waals surface area contributed by atoms with Crippen molar-refractivity contribution < 1.29 is 39.1 Å². The third-order valence-corrected chi connectivity index (χ3v) is 7.68. The van der Waals surface area contributed by atoms with E-state index >= 15 is 0 Å². The van der Waals surface area contributed by atoms with Crippen molar-refractivity contribution in [1.29, 1.82) is 0 Å². The molecule has 0 unspecified atom stereocenters. The van der Waals surface area contributed by atoms with Crippen LogP contribution in [0.2, 0.25) is 0 Å². The summed E-state index contributed by atoms with van der Waals surface area (Å²) in [4.78, 5) is 24.8. The van der Waals surface area contributed by atoms with Crippen LogP contribution < -0.4 is 0 Å². The summed E-state index contributed by atoms with van der Waals surface area (Å²) in [6.07, 6.45) is -2.87. The van der Waals surface area contributed by atoms with E-state index in [0.29, 0.717) is 5.57 Å². The molecule has 2 saturated carbocycles. The van der Waals surface area contributed by atoms with Crippen molar-refractivity contribution in [3.05, 3.63) is 23.8 Å². The molecule has 0 aromatic rings. The molecule has 4 aliphatic rings. The SMILES string of the molecule is C=C1C(=O)O[C@H]2[C@H]1[C@H](OC(=O)/C(C)=C\C)C[C@](O)(CCl)[C@@H]1[C@H](O)[C@H]3O[C@@]3(C)[C@]21O. The Morgan fingerprint density at radius 2 is 2.07 bits per heavy atom. The molecule has 0 amide bonds. The molecule has 4 rings (SSSR count). The van der Waals surface area contributed by atoms with E-state index in [-0.39, 0.29) is 17.9 Å². The molecule has 0 bridgehead atoms. The lowest BCUT2D eigenvalue weighted by molar-refractivity contribution is -0.216. The van der Waals surface area contributed by atoms with Crippen molar-refractivity contribution >= 4 is 23.5 Å². The Morgan fingerprint density at radius 3 is 2.66 bits per heavy atom. The van der Waals surface area contributed by atoms with Gasteiger partial charge in [-0.1, -0.05) is 12.7 Å². The van der Waals surface area contributed by atoms with Crippen LogP contribution in [0.15, 0.2) is 23.8 Å². The summed E-state index contributed by atoms with van der Waals surface area (Å²) in [7, 11) is 0. The molecular weight excluding hydrogens is 404 g/mol. The Hall–Kier alpha value is -1.45. The lowest BCUT2D eigenvalue weighted by atomic mass is 9.70. The van der Waals surface area contributed by atoms with Crippen LogP contribution in [-0.2, 0) is 23.8 Å². The molecule has 160 valence electrons. The highest BCUT2D eigenvalue weighted by atomic mass is 35.5. The van der Waals surface area contributed by atoms with Gasteiger partial charge in [0.2, 0.25) is 0 Å². The Labute approximate surface area is 173 Å². The minimum atomic E-state index is -1.95. The van der Waals surface area contributed by atoms with E-state index in [9.17, 15) is 24.9 Å². The molecule has 8 nitrogen and oxygen atoms in total. The summed E-state index contributed by atoms with van der Waals surface area (Å²) < 4.78 is 16.7. The van der Waals surface area contributed by atoms with Crippen LogP contribution in [0, 0.1) is 11.8 Å². The number of carbonyl (C=O) groups is 2. The highest BCUT2D eigenvalue weighted by molar-refractivity contribution is 6.18. The molecule has 2 saturated heterocycles. The van der Waals surface area contributed by atoms with Gasteiger partial charge in [0.15, 0.2) is 0 Å². The van der Waals surface area contributed by atoms with E-state index in [1.165, 1.54) is 0 Å². The van der Waals surface area contributed by atoms with Crippen molar-refractivity contribution in [3.63, 3.8) is 0 Å². The summed E-state index contributed by atoms with van der Waals surface area (Å²) in [5, 5.41) is 34.1. The minimum absolute atomic E-state index is 0.0270. The van der Waals surface area contributed by atoms with Crippen molar-refractivity contribution in [1.82, 2.24) is 0 Å². The molecular formula is C20H25ClO8. The predicted octanol–water partition coefficient (Wildman–Crippen LogP) is 0.215. The van der Waals surface area contributed by atoms with E-state index in [4.69, 9.17) is 25.8 Å². The largest absolute Gasteiger partial charge is 0.458 e. The normalized spacial score (nSPS) is 50.9. The zero-order valence-electron chi connectivity index (χ0n) is 16.4. The number of esters is 2. The van der Waals surface area contributed by atoms with Gasteiger partial charge in [-0.2, -0.15) is 0 Å². The first-order chi connectivity index (χ1) is 13.5. The van der Waals surface area contributed by atoms with Gasteiger partial charge in [-0.3, -0.25) is 0 Å². The highest BCUT2D eigenvalue weighted by Crippen LogP contribution is 2.66. The molecule has 4 fully saturated rings. The number of fused-ring (bicyclic) bond motifs is 5. The fourth-order valence-electron chi connectivity index (χ4n) is 5.45. The maximum Gasteiger partial charge on any atom is 0.334 e. The van der Waals surface area contributed by atoms with Crippen molar-refractivity contribution in [3.8, 4) is 0 Å². The maximum absolute atomic E-state index is 12.5. The molecule has 2 aliphatic heterocycles. The minimum Gasteiger partial charge on any atom is -0.458 e. The average Bonchev–Trinajstić information content (AvgIpc) is 3.26. The van der Waals surface area contributed by atoms with E-state index in [2.05, 4.69) is 6.58 Å². The number of aliphatic hydroxyl groups is 3. The molecule has 2 aliphatic carbocycles. The first-order valence-electron chi connectivity index (χ1n) is 9.56. The number of allylic oxidation sites excluding steroid dienone is 1. The van der Waals surface area contributed by atoms with E-state index in [1.54, 1.807) is 26.8 Å². The second-order valence-corrected chi connectivity index (χ2v) is 8.94. The van der Waals surface area contributed by atoms with Gasteiger partial charge in [0.25, 0.3) is 0 Å². The monoisotopic (exact) mass is 428 g/mol. The topological polar surface area (TPSA) is 126 Å². The summed E-state index contributed by atoms with van der Waals surface area (Å²) in [5.74, 6) is -3.79. The Balaban J connectivity index is 1.84. The van der Waals surface area contributed by atoms with E-state index < -0.39 is 65.0 Å². The fraction of sp³-hybridized carbons (Fsp3) is 0.700. The van der Waals surface area contributed by atoms with Gasteiger partial charge in [0.1, 0.15) is 29.5 Å². The van der Waals surface area contributed by atoms with Crippen molar-refractivity contribution in [2.75, 3.05) is 5.88 Å². The summed E-state index contributed by atoms with van der Waals surface area (Å²) in [6, 6.07) is 0. The van der Waals surface area contributed by atoms with Crippen LogP contribution in [0.4, 0.5) is 0 Å². The van der Waals surface area contributed by atoms with Crippen LogP contribution in [0.3, 0.4) is 0 Å². The highest BCUT2D eigenvalue weighted by Gasteiger charge is 2.86. The lowest BCUT2D eigenvalue weighted by Crippen LogP contribution is -2.64. The van der Waals surface area contributed by atoms with Crippen LogP contribution in [0.25, 0.3) is 0 Å². The van der Waals surface area contributed by atoms with Gasteiger partial charge in [-0.05, 0) is 20.8 Å². The quantitative estimate of drug-likeness (QED) is 0.252. The van der Waals surface area contributed by atoms with Crippen LogP contribution >= 0.6 is 11.6 Å². The van der Waals surface area contributed by atoms with Gasteiger partial charge >= 0.3 is 11.9 Å². The van der Waals surface area contributed by atoms with Crippen LogP contribution in [-0.4, -0.2) is 74.4 Å². The molecule has 29 heavy (non-hydrogen) atoms. The van der Waals surface area contributed by atoms with Crippen molar-refractivity contribution in [2.24, 2.45) is 11.8 Å². The summed E-state index contributed by atoms with van der Waals surface area (Å²) in [5.41, 5.74) is -4.63. The number of halogens is 1. The number of hydrogen-bond donors (Lipinski definition) is 3. The lowest BCUT2D eigenvalue weighted by Gasteiger charge is -2.45. The molecule has 0 aromatic carbocycles. The van der Waals surface area contributed by atoms with Gasteiger partial charge in [-0.25, -0.2) is 9.59 Å². The molecule has 3 N–H and O–H groups in total. The number of carbonyl (C=O) groups excluding carboxylic acids is 2. The fourth-order valence-corrected chi connectivity index (χ4v) is 5.72. The zero-order valence-corrected chi connectivity index (χ0v) is 17.2. The first kappa shape index (κ1) is 20.8. The maximum atomic E-state index is 12.5. The molecule has 0 aromatic heterocycles. The van der Waals surface area contributed by atoms with Gasteiger partial charge in [0.05, 0.1) is 29.4 Å². The average molecular weight is 429 g/mol. The smallest absolute Gasteiger partial charge is 0.334 e. The van der Waals surface area contributed by atoms with E-state index in [1.807, 2.05) is 0 Å². The van der Waals surface area contributed by atoms with Gasteiger partial charge in [-0.15, -0.1) is 11.6 Å². The Bertz CT molecular complexity index is 825. The van der Waals surface area contributed by atoms with Gasteiger partial charge < -0.3 is 29.5 Å². The predicted molar refractivity (Wildman–Crippen MR) is 99.8 cm³/mol. The zero-order chi connectivity index (χ0) is 21.5. The first-order valence-corrected chi connectivity index (χ1v) is 10.1. The molecule has 0 spiro atoms. The number of alkyl halides is 1. The number of rotatable bonds is 3. The number of epoxide rings is 1. The third kappa shape index (κ3) is 2.47. The number of ether oxygens (including phenoxy) is 3. The second-order valence-electron chi connectivity index (χ2n) is 8.67. The van der Waals surface area contributed by atoms with E-state index in [0.717, 1.165) is 0 Å². The molecule has 9 heteroatoms. The number of aliphatic hydroxyl groups excluding tert-OH is 1. The van der Waals surface area contributed by atoms with Crippen LogP contribution in [0.5, 0.6) is 0 Å². The third-order valence-electron chi connectivity index (χ3n) is 7.22. The molecule has 0 radical (unpaired) electrons. The van der Waals surface area contributed by atoms with Gasteiger partial charge in [0, 0.05) is 17.6 Å². The second kappa shape index (κ2) is 6.28. The number of hydrogen-bond acceptors (Lipinski definition) is 8. The molecule has 9 atom stereocenters. The molecule has 2 heterocycles. The van der Waals surface area contributed by atoms with Crippen molar-refractivity contribution in [2.45, 2.75) is 68.4 Å².